The van der Waals surface area contributed by atoms with Crippen molar-refractivity contribution < 1.29 is 0 Å². The zero-order valence-electron chi connectivity index (χ0n) is 9.82. The third-order valence-corrected chi connectivity index (χ3v) is 2.60. The molecule has 0 radical (unpaired) electrons. The highest BCUT2D eigenvalue weighted by Gasteiger charge is 2.11. The summed E-state index contributed by atoms with van der Waals surface area (Å²) in [5.74, 6) is 0.359. The summed E-state index contributed by atoms with van der Waals surface area (Å²) < 4.78 is 1.64. The van der Waals surface area contributed by atoms with Gasteiger partial charge < -0.3 is 5.73 Å². The van der Waals surface area contributed by atoms with Crippen molar-refractivity contribution in [2.24, 2.45) is 11.7 Å². The second-order valence-corrected chi connectivity index (χ2v) is 4.34. The van der Waals surface area contributed by atoms with E-state index in [1.165, 1.54) is 0 Å². The molecule has 0 bridgehead atoms. The van der Waals surface area contributed by atoms with Gasteiger partial charge in [-0.05, 0) is 25.8 Å². The maximum absolute atomic E-state index is 11.6. The molecule has 0 amide bonds. The lowest BCUT2D eigenvalue weighted by molar-refractivity contribution is 0.419. The van der Waals surface area contributed by atoms with Crippen LogP contribution < -0.4 is 11.4 Å². The minimum absolute atomic E-state index is 0.00842. The first-order valence-electron chi connectivity index (χ1n) is 5.22. The molecule has 1 aromatic heterocycles. The van der Waals surface area contributed by atoms with Crippen LogP contribution in [0.4, 0.5) is 0 Å². The minimum Gasteiger partial charge on any atom is -0.326 e. The Hall–Kier alpha value is -1.16. The van der Waals surface area contributed by atoms with E-state index in [1.807, 2.05) is 33.8 Å². The fourth-order valence-electron chi connectivity index (χ4n) is 1.42. The lowest BCUT2D eigenvalue weighted by Crippen LogP contribution is -2.37. The SMILES string of the molecule is Cc1cc(C)n(CC(N)C(C)C)c(=O)n1. The van der Waals surface area contributed by atoms with Gasteiger partial charge in [-0.2, -0.15) is 4.98 Å². The van der Waals surface area contributed by atoms with Crippen LogP contribution in [0.5, 0.6) is 0 Å². The molecule has 0 aliphatic rings. The van der Waals surface area contributed by atoms with Gasteiger partial charge >= 0.3 is 5.69 Å². The van der Waals surface area contributed by atoms with Gasteiger partial charge in [0.2, 0.25) is 0 Å². The van der Waals surface area contributed by atoms with E-state index in [0.717, 1.165) is 11.4 Å². The van der Waals surface area contributed by atoms with Crippen molar-refractivity contribution in [3.8, 4) is 0 Å². The molecule has 1 unspecified atom stereocenters. The van der Waals surface area contributed by atoms with Gasteiger partial charge in [-0.1, -0.05) is 13.8 Å². The van der Waals surface area contributed by atoms with Crippen molar-refractivity contribution in [1.82, 2.24) is 9.55 Å². The Labute approximate surface area is 90.1 Å². The van der Waals surface area contributed by atoms with E-state index in [4.69, 9.17) is 5.73 Å². The highest BCUT2D eigenvalue weighted by molar-refractivity contribution is 5.06. The summed E-state index contributed by atoms with van der Waals surface area (Å²) in [6.07, 6.45) is 0. The molecule has 1 atom stereocenters. The summed E-state index contributed by atoms with van der Waals surface area (Å²) in [6, 6.07) is 1.89. The monoisotopic (exact) mass is 209 g/mol. The van der Waals surface area contributed by atoms with Crippen molar-refractivity contribution in [1.29, 1.82) is 0 Å². The predicted octanol–water partition coefficient (Wildman–Crippen LogP) is 0.843. The smallest absolute Gasteiger partial charge is 0.326 e. The van der Waals surface area contributed by atoms with Crippen LogP contribution in [-0.2, 0) is 6.54 Å². The number of aryl methyl sites for hydroxylation is 2. The number of nitrogens with zero attached hydrogens (tertiary/aromatic N) is 2. The van der Waals surface area contributed by atoms with E-state index in [9.17, 15) is 4.79 Å². The summed E-state index contributed by atoms with van der Waals surface area (Å²) in [5.41, 5.74) is 7.41. The molecule has 0 saturated carbocycles. The normalized spacial score (nSPS) is 13.2. The quantitative estimate of drug-likeness (QED) is 0.802. The molecule has 0 aliphatic carbocycles. The molecule has 0 fully saturated rings. The molecule has 1 heterocycles. The van der Waals surface area contributed by atoms with Crippen LogP contribution in [0.25, 0.3) is 0 Å². The average Bonchev–Trinajstić information content (AvgIpc) is 2.10. The molecule has 1 rings (SSSR count). The van der Waals surface area contributed by atoms with Crippen LogP contribution in [0.3, 0.4) is 0 Å². The van der Waals surface area contributed by atoms with E-state index < -0.39 is 0 Å². The molecule has 2 N–H and O–H groups in total. The van der Waals surface area contributed by atoms with E-state index in [1.54, 1.807) is 4.57 Å². The Morgan fingerprint density at radius 1 is 1.47 bits per heavy atom. The van der Waals surface area contributed by atoms with Crippen LogP contribution in [0.2, 0.25) is 0 Å². The molecule has 4 nitrogen and oxygen atoms in total. The fourth-order valence-corrected chi connectivity index (χ4v) is 1.42. The summed E-state index contributed by atoms with van der Waals surface area (Å²) in [5, 5.41) is 0. The second kappa shape index (κ2) is 4.57. The second-order valence-electron chi connectivity index (χ2n) is 4.34. The summed E-state index contributed by atoms with van der Waals surface area (Å²) in [7, 11) is 0. The van der Waals surface area contributed by atoms with E-state index in [-0.39, 0.29) is 11.7 Å². The Balaban J connectivity index is 3.00. The molecule has 0 spiro atoms. The standard InChI is InChI=1S/C11H19N3O/c1-7(2)10(12)6-14-9(4)5-8(3)13-11(14)15/h5,7,10H,6,12H2,1-4H3. The van der Waals surface area contributed by atoms with Crippen molar-refractivity contribution in [3.63, 3.8) is 0 Å². The average molecular weight is 209 g/mol. The molecular weight excluding hydrogens is 190 g/mol. The van der Waals surface area contributed by atoms with Gasteiger partial charge in [0.1, 0.15) is 0 Å². The summed E-state index contributed by atoms with van der Waals surface area (Å²) >= 11 is 0. The van der Waals surface area contributed by atoms with Gasteiger partial charge in [0.05, 0.1) is 0 Å². The van der Waals surface area contributed by atoms with Crippen LogP contribution in [-0.4, -0.2) is 15.6 Å². The van der Waals surface area contributed by atoms with Crippen LogP contribution in [0, 0.1) is 19.8 Å². The summed E-state index contributed by atoms with van der Waals surface area (Å²) in [4.78, 5) is 15.5. The van der Waals surface area contributed by atoms with Gasteiger partial charge in [-0.15, -0.1) is 0 Å². The highest BCUT2D eigenvalue weighted by atomic mass is 16.1. The molecule has 0 aromatic carbocycles. The van der Waals surface area contributed by atoms with Gasteiger partial charge in [0.25, 0.3) is 0 Å². The molecule has 84 valence electrons. The number of aromatic nitrogens is 2. The molecule has 0 aliphatic heterocycles. The zero-order chi connectivity index (χ0) is 11.6. The fraction of sp³-hybridized carbons (Fsp3) is 0.636. The van der Waals surface area contributed by atoms with Gasteiger partial charge in [-0.3, -0.25) is 4.57 Å². The molecule has 0 saturated heterocycles. The minimum atomic E-state index is -0.205. The Morgan fingerprint density at radius 2 is 2.07 bits per heavy atom. The molecule has 4 heteroatoms. The van der Waals surface area contributed by atoms with Crippen LogP contribution in [0.1, 0.15) is 25.2 Å². The Morgan fingerprint density at radius 3 is 2.53 bits per heavy atom. The van der Waals surface area contributed by atoms with E-state index in [0.29, 0.717) is 12.5 Å². The topological polar surface area (TPSA) is 60.9 Å². The van der Waals surface area contributed by atoms with Crippen molar-refractivity contribution >= 4 is 0 Å². The molecular formula is C11H19N3O. The number of rotatable bonds is 3. The zero-order valence-corrected chi connectivity index (χ0v) is 9.82. The predicted molar refractivity (Wildman–Crippen MR) is 60.8 cm³/mol. The Kier molecular flexibility index (Phi) is 3.63. The number of hydrogen-bond acceptors (Lipinski definition) is 3. The number of hydrogen-bond donors (Lipinski definition) is 1. The van der Waals surface area contributed by atoms with Crippen LogP contribution >= 0.6 is 0 Å². The lowest BCUT2D eigenvalue weighted by atomic mass is 10.1. The lowest BCUT2D eigenvalue weighted by Gasteiger charge is -2.18. The van der Waals surface area contributed by atoms with Gasteiger partial charge in [-0.25, -0.2) is 4.79 Å². The summed E-state index contributed by atoms with van der Waals surface area (Å²) in [6.45, 7) is 8.36. The third kappa shape index (κ3) is 2.89. The number of nitrogens with two attached hydrogens (primary N) is 1. The van der Waals surface area contributed by atoms with Crippen LogP contribution in [0.15, 0.2) is 10.9 Å². The first kappa shape index (κ1) is 11.9. The van der Waals surface area contributed by atoms with E-state index >= 15 is 0 Å². The van der Waals surface area contributed by atoms with Crippen molar-refractivity contribution in [2.45, 2.75) is 40.3 Å². The van der Waals surface area contributed by atoms with Crippen molar-refractivity contribution in [2.75, 3.05) is 0 Å². The molecule has 15 heavy (non-hydrogen) atoms. The third-order valence-electron chi connectivity index (χ3n) is 2.60. The first-order valence-corrected chi connectivity index (χ1v) is 5.22. The largest absolute Gasteiger partial charge is 0.348 e. The maximum Gasteiger partial charge on any atom is 0.348 e. The van der Waals surface area contributed by atoms with Gasteiger partial charge in [0.15, 0.2) is 0 Å². The van der Waals surface area contributed by atoms with Gasteiger partial charge in [0, 0.05) is 24.0 Å². The van der Waals surface area contributed by atoms with Crippen molar-refractivity contribution in [3.05, 3.63) is 27.9 Å². The first-order chi connectivity index (χ1) is 6.91. The maximum atomic E-state index is 11.6. The highest BCUT2D eigenvalue weighted by Crippen LogP contribution is 2.03. The van der Waals surface area contributed by atoms with E-state index in [2.05, 4.69) is 4.98 Å². The Bertz CT molecular complexity index is 395. The molecule has 1 aromatic rings.